The van der Waals surface area contributed by atoms with Crippen LogP contribution in [0.3, 0.4) is 0 Å². The normalized spacial score (nSPS) is 15.1. The standard InChI is InChI=1S/C23H18N2O5S/c26-22-21(31-23(27)24(22)13-5-8-16-6-2-1-3-7-16)15-19-11-12-20(30-19)17-9-4-10-18(14-17)25(28)29/h1-4,6-7,9-12,14-15H,5,8,13H2/b21-15+. The molecule has 0 bridgehead atoms. The first-order chi connectivity index (χ1) is 15.0. The van der Waals surface area contributed by atoms with E-state index in [0.717, 1.165) is 23.7 Å². The van der Waals surface area contributed by atoms with Crippen LogP contribution < -0.4 is 0 Å². The Labute approximate surface area is 182 Å². The van der Waals surface area contributed by atoms with Gasteiger partial charge in [-0.2, -0.15) is 0 Å². The van der Waals surface area contributed by atoms with Gasteiger partial charge in [-0.1, -0.05) is 42.5 Å². The molecular weight excluding hydrogens is 416 g/mol. The summed E-state index contributed by atoms with van der Waals surface area (Å²) in [4.78, 5) is 37.0. The second-order valence-electron chi connectivity index (χ2n) is 6.93. The molecule has 1 fully saturated rings. The lowest BCUT2D eigenvalue weighted by Crippen LogP contribution is -2.29. The van der Waals surface area contributed by atoms with Gasteiger partial charge in [0.05, 0.1) is 9.83 Å². The maximum atomic E-state index is 12.7. The second-order valence-corrected chi connectivity index (χ2v) is 7.93. The van der Waals surface area contributed by atoms with Crippen LogP contribution in [0.4, 0.5) is 10.5 Å². The lowest BCUT2D eigenvalue weighted by molar-refractivity contribution is -0.384. The summed E-state index contributed by atoms with van der Waals surface area (Å²) in [6.07, 6.45) is 3.00. The van der Waals surface area contributed by atoms with Crippen molar-refractivity contribution in [2.24, 2.45) is 0 Å². The van der Waals surface area contributed by atoms with E-state index in [-0.39, 0.29) is 16.8 Å². The summed E-state index contributed by atoms with van der Waals surface area (Å²) < 4.78 is 5.73. The van der Waals surface area contributed by atoms with Gasteiger partial charge >= 0.3 is 0 Å². The summed E-state index contributed by atoms with van der Waals surface area (Å²) in [6, 6.07) is 19.4. The van der Waals surface area contributed by atoms with Crippen molar-refractivity contribution in [2.75, 3.05) is 6.54 Å². The molecule has 1 aliphatic rings. The van der Waals surface area contributed by atoms with Crippen molar-refractivity contribution in [2.45, 2.75) is 12.8 Å². The molecule has 0 N–H and O–H groups in total. The number of benzene rings is 2. The maximum Gasteiger partial charge on any atom is 0.293 e. The van der Waals surface area contributed by atoms with Gasteiger partial charge in [0.25, 0.3) is 16.8 Å². The largest absolute Gasteiger partial charge is 0.457 e. The lowest BCUT2D eigenvalue weighted by atomic mass is 10.1. The average Bonchev–Trinajstić information content (AvgIpc) is 3.35. The fraction of sp³-hybridized carbons (Fsp3) is 0.130. The summed E-state index contributed by atoms with van der Waals surface area (Å²) in [5, 5.41) is 10.7. The molecule has 31 heavy (non-hydrogen) atoms. The molecule has 4 rings (SSSR count). The van der Waals surface area contributed by atoms with Crippen LogP contribution in [0, 0.1) is 10.1 Å². The molecule has 1 aliphatic heterocycles. The van der Waals surface area contributed by atoms with Crippen LogP contribution >= 0.6 is 11.8 Å². The van der Waals surface area contributed by atoms with Gasteiger partial charge in [-0.3, -0.25) is 24.6 Å². The van der Waals surface area contributed by atoms with Gasteiger partial charge in [0.1, 0.15) is 11.5 Å². The van der Waals surface area contributed by atoms with Crippen molar-refractivity contribution in [3.8, 4) is 11.3 Å². The van der Waals surface area contributed by atoms with Gasteiger partial charge in [-0.25, -0.2) is 0 Å². The number of rotatable bonds is 7. The Bertz CT molecular complexity index is 1170. The number of nitro groups is 1. The molecule has 156 valence electrons. The van der Waals surface area contributed by atoms with Gasteiger partial charge in [-0.05, 0) is 42.3 Å². The van der Waals surface area contributed by atoms with E-state index in [4.69, 9.17) is 4.42 Å². The number of non-ortho nitro benzene ring substituents is 1. The van der Waals surface area contributed by atoms with Crippen LogP contribution in [0.25, 0.3) is 17.4 Å². The van der Waals surface area contributed by atoms with Crippen LogP contribution in [0.2, 0.25) is 0 Å². The monoisotopic (exact) mass is 434 g/mol. The Morgan fingerprint density at radius 3 is 2.61 bits per heavy atom. The zero-order chi connectivity index (χ0) is 21.8. The van der Waals surface area contributed by atoms with Crippen molar-refractivity contribution < 1.29 is 18.9 Å². The number of nitro benzene ring substituents is 1. The predicted octanol–water partition coefficient (Wildman–Crippen LogP) is 5.52. The van der Waals surface area contributed by atoms with E-state index in [9.17, 15) is 19.7 Å². The zero-order valence-electron chi connectivity index (χ0n) is 16.4. The Balaban J connectivity index is 1.43. The third-order valence-corrected chi connectivity index (χ3v) is 5.71. The molecule has 7 nitrogen and oxygen atoms in total. The molecule has 8 heteroatoms. The lowest BCUT2D eigenvalue weighted by Gasteiger charge is -2.11. The molecule has 0 atom stereocenters. The first-order valence-corrected chi connectivity index (χ1v) is 10.5. The number of hydrogen-bond acceptors (Lipinski definition) is 6. The first-order valence-electron chi connectivity index (χ1n) is 9.65. The SMILES string of the molecule is O=C1S/C(=C/c2ccc(-c3cccc([N+](=O)[O-])c3)o2)C(=O)N1CCCc1ccccc1. The molecular formula is C23H18N2O5S. The molecule has 0 spiro atoms. The summed E-state index contributed by atoms with van der Waals surface area (Å²) in [6.45, 7) is 0.355. The highest BCUT2D eigenvalue weighted by Gasteiger charge is 2.34. The third-order valence-electron chi connectivity index (χ3n) is 4.81. The summed E-state index contributed by atoms with van der Waals surface area (Å²) in [5.74, 6) is 0.504. The topological polar surface area (TPSA) is 93.7 Å². The Hall–Kier alpha value is -3.65. The molecule has 2 aromatic carbocycles. The van der Waals surface area contributed by atoms with Crippen molar-refractivity contribution in [3.05, 3.63) is 93.1 Å². The van der Waals surface area contributed by atoms with Crippen LogP contribution in [0.15, 0.2) is 76.1 Å². The summed E-state index contributed by atoms with van der Waals surface area (Å²) in [7, 11) is 0. The van der Waals surface area contributed by atoms with E-state index in [2.05, 4.69) is 0 Å². The minimum Gasteiger partial charge on any atom is -0.457 e. The van der Waals surface area contributed by atoms with Gasteiger partial charge in [0.15, 0.2) is 0 Å². The zero-order valence-corrected chi connectivity index (χ0v) is 17.2. The van der Waals surface area contributed by atoms with E-state index in [0.29, 0.717) is 35.0 Å². The van der Waals surface area contributed by atoms with Crippen LogP contribution in [0.1, 0.15) is 17.7 Å². The molecule has 2 heterocycles. The number of carbonyl (C=O) groups is 2. The number of imide groups is 1. The summed E-state index contributed by atoms with van der Waals surface area (Å²) >= 11 is 0.884. The van der Waals surface area contributed by atoms with Crippen LogP contribution in [-0.2, 0) is 11.2 Å². The summed E-state index contributed by atoms with van der Waals surface area (Å²) in [5.41, 5.74) is 1.68. The Morgan fingerprint density at radius 2 is 1.84 bits per heavy atom. The molecule has 1 aromatic heterocycles. The first kappa shape index (κ1) is 20.6. The molecule has 0 aliphatic carbocycles. The van der Waals surface area contributed by atoms with Gasteiger partial charge < -0.3 is 4.42 Å². The minimum atomic E-state index is -0.471. The number of aryl methyl sites for hydroxylation is 1. The van der Waals surface area contributed by atoms with Crippen LogP contribution in [-0.4, -0.2) is 27.5 Å². The van der Waals surface area contributed by atoms with Crippen molar-refractivity contribution in [1.29, 1.82) is 0 Å². The number of furan rings is 1. The maximum absolute atomic E-state index is 12.7. The smallest absolute Gasteiger partial charge is 0.293 e. The number of hydrogen-bond donors (Lipinski definition) is 0. The van der Waals surface area contributed by atoms with Gasteiger partial charge in [0, 0.05) is 30.3 Å². The van der Waals surface area contributed by atoms with E-state index >= 15 is 0 Å². The van der Waals surface area contributed by atoms with Crippen molar-refractivity contribution in [3.63, 3.8) is 0 Å². The van der Waals surface area contributed by atoms with Crippen LogP contribution in [0.5, 0.6) is 0 Å². The Morgan fingerprint density at radius 1 is 1.03 bits per heavy atom. The highest BCUT2D eigenvalue weighted by Crippen LogP contribution is 2.34. The van der Waals surface area contributed by atoms with Crippen molar-refractivity contribution in [1.82, 2.24) is 4.90 Å². The van der Waals surface area contributed by atoms with E-state index in [1.807, 2.05) is 30.3 Å². The predicted molar refractivity (Wildman–Crippen MR) is 118 cm³/mol. The van der Waals surface area contributed by atoms with Gasteiger partial charge in [0.2, 0.25) is 0 Å². The van der Waals surface area contributed by atoms with E-state index in [1.165, 1.54) is 23.1 Å². The van der Waals surface area contributed by atoms with E-state index in [1.54, 1.807) is 24.3 Å². The highest BCUT2D eigenvalue weighted by molar-refractivity contribution is 8.18. The third kappa shape index (κ3) is 4.75. The molecule has 0 unspecified atom stereocenters. The molecule has 3 aromatic rings. The number of amides is 2. The van der Waals surface area contributed by atoms with E-state index < -0.39 is 4.92 Å². The fourth-order valence-corrected chi connectivity index (χ4v) is 4.11. The van der Waals surface area contributed by atoms with Gasteiger partial charge in [-0.15, -0.1) is 0 Å². The molecule has 1 saturated heterocycles. The molecule has 0 saturated carbocycles. The Kier molecular flexibility index (Phi) is 5.99. The highest BCUT2D eigenvalue weighted by atomic mass is 32.2. The number of thioether (sulfide) groups is 1. The fourth-order valence-electron chi connectivity index (χ4n) is 3.27. The quantitative estimate of drug-likeness (QED) is 0.276. The van der Waals surface area contributed by atoms with Crippen molar-refractivity contribution >= 4 is 34.7 Å². The molecule has 0 radical (unpaired) electrons. The molecule has 2 amide bonds. The number of nitrogens with zero attached hydrogens (tertiary/aromatic N) is 2. The number of carbonyl (C=O) groups excluding carboxylic acids is 2. The minimum absolute atomic E-state index is 0.0351. The second kappa shape index (κ2) is 9.01. The average molecular weight is 434 g/mol.